The van der Waals surface area contributed by atoms with Crippen molar-refractivity contribution in [2.24, 2.45) is 0 Å². The van der Waals surface area contributed by atoms with E-state index in [0.29, 0.717) is 21.9 Å². The van der Waals surface area contributed by atoms with Crippen molar-refractivity contribution in [3.05, 3.63) is 86.4 Å². The van der Waals surface area contributed by atoms with Crippen LogP contribution in [0, 0.1) is 0 Å². The van der Waals surface area contributed by atoms with E-state index in [1.54, 1.807) is 0 Å². The zero-order chi connectivity index (χ0) is 20.1. The third-order valence-corrected chi connectivity index (χ3v) is 5.34. The summed E-state index contributed by atoms with van der Waals surface area (Å²) in [4.78, 5) is 17.8. The van der Waals surface area contributed by atoms with Gasteiger partial charge in [-0.1, -0.05) is 79.3 Å². The van der Waals surface area contributed by atoms with Gasteiger partial charge in [-0.15, -0.1) is 5.10 Å². The van der Waals surface area contributed by atoms with E-state index in [-0.39, 0.29) is 5.56 Å². The number of rotatable bonds is 7. The Bertz CT molecular complexity index is 1240. The lowest BCUT2D eigenvalue weighted by molar-refractivity contribution is 0.309. The number of fused-ring (bicyclic) bond motifs is 1. The lowest BCUT2D eigenvalue weighted by Gasteiger charge is -2.07. The van der Waals surface area contributed by atoms with E-state index in [2.05, 4.69) is 17.0 Å². The van der Waals surface area contributed by atoms with E-state index in [0.717, 1.165) is 29.7 Å². The molecular formula is C23H21N3O2S. The lowest BCUT2D eigenvalue weighted by atomic mass is 10.2. The van der Waals surface area contributed by atoms with Gasteiger partial charge in [0.05, 0.1) is 11.1 Å². The molecule has 0 unspecified atom stereocenters. The minimum atomic E-state index is -0.166. The van der Waals surface area contributed by atoms with Gasteiger partial charge in [0.15, 0.2) is 5.82 Å². The van der Waals surface area contributed by atoms with Crippen LogP contribution in [0.2, 0.25) is 0 Å². The molecular weight excluding hydrogens is 382 g/mol. The third-order valence-electron chi connectivity index (χ3n) is 4.38. The number of hydrogen-bond acceptors (Lipinski definition) is 5. The van der Waals surface area contributed by atoms with Gasteiger partial charge in [0.25, 0.3) is 5.56 Å². The molecule has 0 N–H and O–H groups in total. The van der Waals surface area contributed by atoms with E-state index in [1.165, 1.54) is 15.9 Å². The fourth-order valence-corrected chi connectivity index (χ4v) is 3.76. The SMILES string of the molecule is CCCCOc1ccccc1C=c1sc2nc(C=Cc3ccccc3)nn2c1=O. The number of thiazole rings is 1. The molecule has 6 heteroatoms. The second kappa shape index (κ2) is 8.84. The molecule has 0 saturated carbocycles. The molecule has 4 rings (SSSR count). The summed E-state index contributed by atoms with van der Waals surface area (Å²) < 4.78 is 7.81. The standard InChI is InChI=1S/C23H21N3O2S/c1-2-3-15-28-19-12-8-7-11-18(19)16-20-22(27)26-23(29-20)24-21(25-26)14-13-17-9-5-4-6-10-17/h4-14,16H,2-3,15H2,1H3. The number of ether oxygens (including phenoxy) is 1. The number of para-hydroxylation sites is 1. The fraction of sp³-hybridized carbons (Fsp3) is 0.174. The third kappa shape index (κ3) is 4.43. The van der Waals surface area contributed by atoms with Gasteiger partial charge in [0.2, 0.25) is 4.96 Å². The highest BCUT2D eigenvalue weighted by Gasteiger charge is 2.10. The molecule has 0 radical (unpaired) electrons. The summed E-state index contributed by atoms with van der Waals surface area (Å²) in [6.07, 6.45) is 7.67. The van der Waals surface area contributed by atoms with Crippen molar-refractivity contribution in [1.29, 1.82) is 0 Å². The van der Waals surface area contributed by atoms with Crippen LogP contribution in [-0.2, 0) is 0 Å². The lowest BCUT2D eigenvalue weighted by Crippen LogP contribution is -2.23. The predicted molar refractivity (Wildman–Crippen MR) is 118 cm³/mol. The van der Waals surface area contributed by atoms with Crippen molar-refractivity contribution in [1.82, 2.24) is 14.6 Å². The molecule has 146 valence electrons. The van der Waals surface area contributed by atoms with E-state index in [9.17, 15) is 4.79 Å². The van der Waals surface area contributed by atoms with E-state index < -0.39 is 0 Å². The summed E-state index contributed by atoms with van der Waals surface area (Å²) in [5, 5.41) is 4.34. The van der Waals surface area contributed by atoms with Crippen LogP contribution in [0.15, 0.2) is 59.4 Å². The summed E-state index contributed by atoms with van der Waals surface area (Å²) in [6, 6.07) is 17.7. The Morgan fingerprint density at radius 2 is 1.86 bits per heavy atom. The molecule has 0 saturated heterocycles. The minimum Gasteiger partial charge on any atom is -0.493 e. The number of unbranched alkanes of at least 4 members (excludes halogenated alkanes) is 1. The predicted octanol–water partition coefficient (Wildman–Crippen LogP) is 4.05. The maximum atomic E-state index is 12.8. The van der Waals surface area contributed by atoms with Crippen LogP contribution >= 0.6 is 11.3 Å². The topological polar surface area (TPSA) is 56.5 Å². The summed E-state index contributed by atoms with van der Waals surface area (Å²) in [5.74, 6) is 1.30. The van der Waals surface area contributed by atoms with Crippen LogP contribution in [0.1, 0.15) is 36.7 Å². The van der Waals surface area contributed by atoms with Gasteiger partial charge in [-0.25, -0.2) is 0 Å². The molecule has 4 aromatic rings. The fourth-order valence-electron chi connectivity index (χ4n) is 2.85. The van der Waals surface area contributed by atoms with Gasteiger partial charge in [0.1, 0.15) is 5.75 Å². The molecule has 0 aliphatic carbocycles. The number of nitrogens with zero attached hydrogens (tertiary/aromatic N) is 3. The van der Waals surface area contributed by atoms with Gasteiger partial charge in [-0.3, -0.25) is 4.79 Å². The zero-order valence-corrected chi connectivity index (χ0v) is 16.9. The zero-order valence-electron chi connectivity index (χ0n) is 16.1. The van der Waals surface area contributed by atoms with Gasteiger partial charge in [-0.05, 0) is 30.2 Å². The first-order valence-electron chi connectivity index (χ1n) is 9.61. The van der Waals surface area contributed by atoms with Gasteiger partial charge < -0.3 is 4.74 Å². The first-order chi connectivity index (χ1) is 14.2. The van der Waals surface area contributed by atoms with Crippen molar-refractivity contribution in [3.63, 3.8) is 0 Å². The highest BCUT2D eigenvalue weighted by Crippen LogP contribution is 2.19. The summed E-state index contributed by atoms with van der Waals surface area (Å²) in [7, 11) is 0. The van der Waals surface area contributed by atoms with Crippen LogP contribution in [0.25, 0.3) is 23.2 Å². The van der Waals surface area contributed by atoms with E-state index in [1.807, 2.05) is 72.8 Å². The first-order valence-corrected chi connectivity index (χ1v) is 10.4. The first kappa shape index (κ1) is 19.1. The Morgan fingerprint density at radius 1 is 1.07 bits per heavy atom. The maximum Gasteiger partial charge on any atom is 0.291 e. The van der Waals surface area contributed by atoms with Crippen molar-refractivity contribution in [3.8, 4) is 5.75 Å². The molecule has 0 aliphatic heterocycles. The molecule has 0 bridgehead atoms. The molecule has 2 heterocycles. The second-order valence-electron chi connectivity index (χ2n) is 6.56. The van der Waals surface area contributed by atoms with Crippen LogP contribution in [0.4, 0.5) is 0 Å². The van der Waals surface area contributed by atoms with Crippen molar-refractivity contribution >= 4 is 34.5 Å². The monoisotopic (exact) mass is 403 g/mol. The Labute approximate surface area is 172 Å². The Balaban J connectivity index is 1.63. The highest BCUT2D eigenvalue weighted by molar-refractivity contribution is 7.15. The average molecular weight is 404 g/mol. The van der Waals surface area contributed by atoms with Gasteiger partial charge in [-0.2, -0.15) is 9.50 Å². The Morgan fingerprint density at radius 3 is 2.66 bits per heavy atom. The normalized spacial score (nSPS) is 12.2. The summed E-state index contributed by atoms with van der Waals surface area (Å²) >= 11 is 1.33. The van der Waals surface area contributed by atoms with Crippen LogP contribution < -0.4 is 14.8 Å². The Kier molecular flexibility index (Phi) is 5.81. The molecule has 5 nitrogen and oxygen atoms in total. The Hall–Kier alpha value is -3.25. The van der Waals surface area contributed by atoms with Crippen molar-refractivity contribution < 1.29 is 4.74 Å². The molecule has 29 heavy (non-hydrogen) atoms. The largest absolute Gasteiger partial charge is 0.493 e. The van der Waals surface area contributed by atoms with E-state index in [4.69, 9.17) is 4.74 Å². The summed E-state index contributed by atoms with van der Waals surface area (Å²) in [5.41, 5.74) is 1.77. The average Bonchev–Trinajstić information content (AvgIpc) is 3.27. The van der Waals surface area contributed by atoms with Gasteiger partial charge >= 0.3 is 0 Å². The smallest absolute Gasteiger partial charge is 0.291 e. The van der Waals surface area contributed by atoms with Crippen LogP contribution in [-0.4, -0.2) is 21.2 Å². The molecule has 0 spiro atoms. The molecule has 2 aromatic heterocycles. The molecule has 0 amide bonds. The van der Waals surface area contributed by atoms with Crippen LogP contribution in [0.3, 0.4) is 0 Å². The second-order valence-corrected chi connectivity index (χ2v) is 7.57. The quantitative estimate of drug-likeness (QED) is 0.437. The summed E-state index contributed by atoms with van der Waals surface area (Å²) in [6.45, 7) is 2.79. The van der Waals surface area contributed by atoms with Crippen LogP contribution in [0.5, 0.6) is 5.75 Å². The number of hydrogen-bond donors (Lipinski definition) is 0. The number of aromatic nitrogens is 3. The molecule has 0 atom stereocenters. The maximum absolute atomic E-state index is 12.8. The molecule has 0 fully saturated rings. The molecule has 2 aromatic carbocycles. The van der Waals surface area contributed by atoms with Crippen molar-refractivity contribution in [2.75, 3.05) is 6.61 Å². The molecule has 0 aliphatic rings. The minimum absolute atomic E-state index is 0.166. The van der Waals surface area contributed by atoms with Gasteiger partial charge in [0, 0.05) is 5.56 Å². The number of benzene rings is 2. The van der Waals surface area contributed by atoms with Crippen molar-refractivity contribution in [2.45, 2.75) is 19.8 Å². The van der Waals surface area contributed by atoms with E-state index >= 15 is 0 Å². The highest BCUT2D eigenvalue weighted by atomic mass is 32.1.